The summed E-state index contributed by atoms with van der Waals surface area (Å²) in [7, 11) is 0. The minimum atomic E-state index is -2.26. The van der Waals surface area contributed by atoms with Gasteiger partial charge in [-0.2, -0.15) is 0 Å². The number of anilines is 1. The molecule has 31 heavy (non-hydrogen) atoms. The molecule has 3 nitrogen and oxygen atoms in total. The van der Waals surface area contributed by atoms with E-state index in [-0.39, 0.29) is 10.1 Å². The smallest absolute Gasteiger partial charge is 0.268 e. The van der Waals surface area contributed by atoms with Gasteiger partial charge in [-0.3, -0.25) is 9.69 Å². The molecule has 0 aliphatic carbocycles. The first-order valence-corrected chi connectivity index (χ1v) is 9.64. The summed E-state index contributed by atoms with van der Waals surface area (Å²) in [5.41, 5.74) is -0.257. The number of nitrogens with zero attached hydrogens (tertiary/aromatic N) is 2. The van der Waals surface area contributed by atoms with Crippen LogP contribution in [0, 0.1) is 29.1 Å². The van der Waals surface area contributed by atoms with Gasteiger partial charge in [-0.1, -0.05) is 36.4 Å². The highest BCUT2D eigenvalue weighted by Gasteiger charge is 2.36. The normalized spacial score (nSPS) is 16.5. The van der Waals surface area contributed by atoms with Crippen molar-refractivity contribution in [3.8, 4) is 0 Å². The number of aliphatic imine (C=N–C) groups is 1. The van der Waals surface area contributed by atoms with Crippen LogP contribution in [0.4, 0.5) is 33.3 Å². The molecule has 1 amide bonds. The van der Waals surface area contributed by atoms with Crippen LogP contribution in [0.3, 0.4) is 0 Å². The molecule has 0 unspecified atom stereocenters. The largest absolute Gasteiger partial charge is 0.271 e. The average molecular weight is 446 g/mol. The summed E-state index contributed by atoms with van der Waals surface area (Å²) in [5, 5.41) is 0.164. The Bertz CT molecular complexity index is 1200. The van der Waals surface area contributed by atoms with E-state index >= 15 is 0 Å². The highest BCUT2D eigenvalue weighted by Crippen LogP contribution is 2.38. The number of rotatable bonds is 3. The van der Waals surface area contributed by atoms with E-state index < -0.39 is 40.6 Å². The highest BCUT2D eigenvalue weighted by molar-refractivity contribution is 8.19. The van der Waals surface area contributed by atoms with Crippen LogP contribution in [0.15, 0.2) is 70.6 Å². The SMILES string of the molecule is O=C1C(=Cc2c(F)c(F)c(F)c(F)c2F)SC(=Nc2ccccc2)N1c1ccccc1. The molecule has 0 N–H and O–H groups in total. The fourth-order valence-corrected chi connectivity index (χ4v) is 3.83. The number of benzene rings is 3. The maximum Gasteiger partial charge on any atom is 0.271 e. The summed E-state index contributed by atoms with van der Waals surface area (Å²) >= 11 is 0.760. The topological polar surface area (TPSA) is 32.7 Å². The second-order valence-corrected chi connectivity index (χ2v) is 7.31. The van der Waals surface area contributed by atoms with Gasteiger partial charge in [0.25, 0.3) is 5.91 Å². The van der Waals surface area contributed by atoms with Gasteiger partial charge in [0.15, 0.2) is 28.4 Å². The first kappa shape index (κ1) is 20.8. The van der Waals surface area contributed by atoms with Crippen LogP contribution in [-0.2, 0) is 4.79 Å². The maximum atomic E-state index is 14.1. The first-order valence-electron chi connectivity index (χ1n) is 8.82. The lowest BCUT2D eigenvalue weighted by atomic mass is 10.1. The molecule has 0 aromatic heterocycles. The zero-order chi connectivity index (χ0) is 22.1. The third-order valence-corrected chi connectivity index (χ3v) is 5.29. The summed E-state index contributed by atoms with van der Waals surface area (Å²) in [4.78, 5) is 18.4. The van der Waals surface area contributed by atoms with Gasteiger partial charge in [-0.05, 0) is 42.1 Å². The molecule has 1 heterocycles. The zero-order valence-electron chi connectivity index (χ0n) is 15.5. The van der Waals surface area contributed by atoms with Crippen LogP contribution >= 0.6 is 11.8 Å². The Balaban J connectivity index is 1.85. The lowest BCUT2D eigenvalue weighted by molar-refractivity contribution is -0.113. The molecule has 9 heteroatoms. The van der Waals surface area contributed by atoms with Crippen LogP contribution < -0.4 is 4.90 Å². The number of hydrogen-bond acceptors (Lipinski definition) is 3. The molecule has 156 valence electrons. The van der Waals surface area contributed by atoms with Crippen molar-refractivity contribution in [3.63, 3.8) is 0 Å². The standard InChI is InChI=1S/C22H11F5N2OS/c23-16-14(17(24)19(26)20(27)18(16)25)11-15-21(30)29(13-9-5-2-6-10-13)22(31-15)28-12-7-3-1-4-8-12/h1-11H. The summed E-state index contributed by atoms with van der Waals surface area (Å²) < 4.78 is 68.7. The molecule has 1 fully saturated rings. The molecule has 0 spiro atoms. The van der Waals surface area contributed by atoms with Crippen molar-refractivity contribution in [1.29, 1.82) is 0 Å². The van der Waals surface area contributed by atoms with Crippen LogP contribution in [-0.4, -0.2) is 11.1 Å². The molecule has 0 saturated carbocycles. The minimum absolute atomic E-state index is 0.164. The summed E-state index contributed by atoms with van der Waals surface area (Å²) in [6, 6.07) is 17.0. The minimum Gasteiger partial charge on any atom is -0.268 e. The van der Waals surface area contributed by atoms with Gasteiger partial charge in [0.1, 0.15) is 0 Å². The molecular formula is C22H11F5N2OS. The third-order valence-electron chi connectivity index (χ3n) is 4.32. The molecule has 3 aromatic rings. The predicted octanol–water partition coefficient (Wildman–Crippen LogP) is 6.19. The summed E-state index contributed by atoms with van der Waals surface area (Å²) in [5.74, 6) is -11.2. The number of halogens is 5. The lowest BCUT2D eigenvalue weighted by Gasteiger charge is -2.15. The average Bonchev–Trinajstić information content (AvgIpc) is 3.09. The molecule has 1 saturated heterocycles. The van der Waals surface area contributed by atoms with Crippen molar-refractivity contribution >= 4 is 40.3 Å². The third kappa shape index (κ3) is 3.84. The molecular weight excluding hydrogens is 435 g/mol. The maximum absolute atomic E-state index is 14.1. The van der Waals surface area contributed by atoms with Crippen molar-refractivity contribution in [1.82, 2.24) is 0 Å². The van der Waals surface area contributed by atoms with Crippen molar-refractivity contribution in [2.45, 2.75) is 0 Å². The molecule has 1 aliphatic heterocycles. The number of carbonyl (C=O) groups is 1. The Morgan fingerprint density at radius 1 is 0.742 bits per heavy atom. The van der Waals surface area contributed by atoms with E-state index in [4.69, 9.17) is 0 Å². The molecule has 1 aliphatic rings. The van der Waals surface area contributed by atoms with E-state index in [1.54, 1.807) is 60.7 Å². The van der Waals surface area contributed by atoms with Crippen molar-refractivity contribution < 1.29 is 26.7 Å². The number of carbonyl (C=O) groups excluding carboxylic acids is 1. The number of para-hydroxylation sites is 2. The predicted molar refractivity (Wildman–Crippen MR) is 109 cm³/mol. The number of thioether (sulfide) groups is 1. The van der Waals surface area contributed by atoms with Crippen molar-refractivity contribution in [2.75, 3.05) is 4.90 Å². The second kappa shape index (κ2) is 8.35. The van der Waals surface area contributed by atoms with Gasteiger partial charge >= 0.3 is 0 Å². The Hall–Kier alpha value is -3.46. The van der Waals surface area contributed by atoms with Crippen LogP contribution in [0.5, 0.6) is 0 Å². The van der Waals surface area contributed by atoms with E-state index in [0.29, 0.717) is 17.5 Å². The molecule has 3 aromatic carbocycles. The number of amides is 1. The van der Waals surface area contributed by atoms with Crippen LogP contribution in [0.1, 0.15) is 5.56 Å². The van der Waals surface area contributed by atoms with Gasteiger partial charge in [0.05, 0.1) is 21.8 Å². The first-order chi connectivity index (χ1) is 14.9. The van der Waals surface area contributed by atoms with E-state index in [2.05, 4.69) is 4.99 Å². The Labute approximate surface area is 177 Å². The molecule has 0 radical (unpaired) electrons. The van der Waals surface area contributed by atoms with E-state index in [9.17, 15) is 26.7 Å². The van der Waals surface area contributed by atoms with Crippen LogP contribution in [0.2, 0.25) is 0 Å². The van der Waals surface area contributed by atoms with E-state index in [1.807, 2.05) is 0 Å². The van der Waals surface area contributed by atoms with Gasteiger partial charge in [0, 0.05) is 0 Å². The Kier molecular flexibility index (Phi) is 5.60. The van der Waals surface area contributed by atoms with E-state index in [1.165, 1.54) is 4.90 Å². The molecule has 4 rings (SSSR count). The summed E-state index contributed by atoms with van der Waals surface area (Å²) in [6.07, 6.45) is 0.646. The highest BCUT2D eigenvalue weighted by atomic mass is 32.2. The molecule has 0 atom stereocenters. The van der Waals surface area contributed by atoms with Gasteiger partial charge in [-0.25, -0.2) is 26.9 Å². The lowest BCUT2D eigenvalue weighted by Crippen LogP contribution is -2.28. The fraction of sp³-hybridized carbons (Fsp3) is 0. The zero-order valence-corrected chi connectivity index (χ0v) is 16.3. The monoisotopic (exact) mass is 446 g/mol. The quantitative estimate of drug-likeness (QED) is 0.208. The fourth-order valence-electron chi connectivity index (χ4n) is 2.85. The van der Waals surface area contributed by atoms with Gasteiger partial charge < -0.3 is 0 Å². The number of hydrogen-bond donors (Lipinski definition) is 0. The van der Waals surface area contributed by atoms with Gasteiger partial charge in [0.2, 0.25) is 5.82 Å². The Morgan fingerprint density at radius 2 is 1.26 bits per heavy atom. The second-order valence-electron chi connectivity index (χ2n) is 6.30. The number of amidine groups is 1. The Morgan fingerprint density at radius 3 is 1.84 bits per heavy atom. The van der Waals surface area contributed by atoms with E-state index in [0.717, 1.165) is 11.8 Å². The van der Waals surface area contributed by atoms with Crippen molar-refractivity contribution in [3.05, 3.63) is 100 Å². The van der Waals surface area contributed by atoms with Crippen LogP contribution in [0.25, 0.3) is 6.08 Å². The summed E-state index contributed by atoms with van der Waals surface area (Å²) in [6.45, 7) is 0. The van der Waals surface area contributed by atoms with Gasteiger partial charge in [-0.15, -0.1) is 0 Å². The molecule has 0 bridgehead atoms. The van der Waals surface area contributed by atoms with Crippen molar-refractivity contribution in [2.24, 2.45) is 4.99 Å².